The Morgan fingerprint density at radius 2 is 2.00 bits per heavy atom. The Bertz CT molecular complexity index is 407. The lowest BCUT2D eigenvalue weighted by Gasteiger charge is -2.06. The molecular formula is C10H12N4. The van der Waals surface area contributed by atoms with Gasteiger partial charge >= 0.3 is 0 Å². The molecule has 1 heterocycles. The van der Waals surface area contributed by atoms with Crippen molar-refractivity contribution in [1.82, 2.24) is 15.2 Å². The summed E-state index contributed by atoms with van der Waals surface area (Å²) in [5, 5.41) is 6.67. The van der Waals surface area contributed by atoms with Crippen LogP contribution >= 0.6 is 0 Å². The highest BCUT2D eigenvalue weighted by atomic mass is 15.3. The molecule has 3 N–H and O–H groups in total. The first-order chi connectivity index (χ1) is 6.77. The summed E-state index contributed by atoms with van der Waals surface area (Å²) >= 11 is 0. The Morgan fingerprint density at radius 1 is 1.29 bits per heavy atom. The van der Waals surface area contributed by atoms with Crippen LogP contribution in [0.3, 0.4) is 0 Å². The molecule has 1 atom stereocenters. The number of anilines is 1. The zero-order chi connectivity index (χ0) is 9.97. The molecule has 1 unspecified atom stereocenters. The molecule has 0 bridgehead atoms. The van der Waals surface area contributed by atoms with Gasteiger partial charge < -0.3 is 5.73 Å². The third-order valence-electron chi connectivity index (χ3n) is 2.21. The second-order valence-corrected chi connectivity index (χ2v) is 3.21. The van der Waals surface area contributed by atoms with Crippen LogP contribution in [0.5, 0.6) is 0 Å². The largest absolute Gasteiger partial charge is 0.368 e. The molecule has 2 aromatic rings. The van der Waals surface area contributed by atoms with Crippen molar-refractivity contribution in [1.29, 1.82) is 0 Å². The summed E-state index contributed by atoms with van der Waals surface area (Å²) in [6.45, 7) is 2.05. The highest BCUT2D eigenvalue weighted by Gasteiger charge is 2.12. The quantitative estimate of drug-likeness (QED) is 0.751. The Hall–Kier alpha value is -1.84. The summed E-state index contributed by atoms with van der Waals surface area (Å²) in [5.41, 5.74) is 6.65. The summed E-state index contributed by atoms with van der Waals surface area (Å²) in [7, 11) is 0. The van der Waals surface area contributed by atoms with Gasteiger partial charge in [0.2, 0.25) is 5.95 Å². The first kappa shape index (κ1) is 8.74. The number of aromatic amines is 1. The second-order valence-electron chi connectivity index (χ2n) is 3.21. The van der Waals surface area contributed by atoms with Crippen LogP contribution < -0.4 is 5.73 Å². The highest BCUT2D eigenvalue weighted by molar-refractivity contribution is 5.26. The Balaban J connectivity index is 2.29. The van der Waals surface area contributed by atoms with E-state index in [4.69, 9.17) is 5.73 Å². The molecule has 0 amide bonds. The summed E-state index contributed by atoms with van der Waals surface area (Å²) < 4.78 is 0. The van der Waals surface area contributed by atoms with Crippen LogP contribution in [0.25, 0.3) is 0 Å². The third-order valence-corrected chi connectivity index (χ3v) is 2.21. The van der Waals surface area contributed by atoms with Crippen molar-refractivity contribution in [3.8, 4) is 0 Å². The number of benzene rings is 1. The summed E-state index contributed by atoms with van der Waals surface area (Å²) in [6, 6.07) is 10.1. The predicted molar refractivity (Wildman–Crippen MR) is 54.8 cm³/mol. The molecule has 14 heavy (non-hydrogen) atoms. The minimum Gasteiger partial charge on any atom is -0.368 e. The second kappa shape index (κ2) is 3.49. The van der Waals surface area contributed by atoms with Crippen LogP contribution in [0.1, 0.15) is 24.2 Å². The fourth-order valence-electron chi connectivity index (χ4n) is 1.37. The van der Waals surface area contributed by atoms with E-state index in [0.29, 0.717) is 5.95 Å². The van der Waals surface area contributed by atoms with Gasteiger partial charge in [-0.05, 0) is 5.56 Å². The molecule has 0 spiro atoms. The van der Waals surface area contributed by atoms with E-state index >= 15 is 0 Å². The van der Waals surface area contributed by atoms with Crippen LogP contribution in [0.4, 0.5) is 5.95 Å². The molecule has 0 aliphatic carbocycles. The molecule has 4 heteroatoms. The van der Waals surface area contributed by atoms with Crippen LogP contribution in [-0.2, 0) is 0 Å². The lowest BCUT2D eigenvalue weighted by molar-refractivity contribution is 0.823. The first-order valence-electron chi connectivity index (χ1n) is 4.50. The number of nitrogens with one attached hydrogen (secondary N) is 1. The Labute approximate surface area is 82.2 Å². The van der Waals surface area contributed by atoms with Gasteiger partial charge in [-0.2, -0.15) is 10.1 Å². The molecule has 4 nitrogen and oxygen atoms in total. The lowest BCUT2D eigenvalue weighted by atomic mass is 10.0. The molecule has 1 aromatic heterocycles. The van der Waals surface area contributed by atoms with Crippen LogP contribution in [-0.4, -0.2) is 15.2 Å². The van der Waals surface area contributed by atoms with Crippen LogP contribution in [0, 0.1) is 0 Å². The van der Waals surface area contributed by atoms with E-state index in [1.54, 1.807) is 0 Å². The van der Waals surface area contributed by atoms with Crippen molar-refractivity contribution < 1.29 is 0 Å². The number of nitrogen functional groups attached to an aromatic ring is 1. The minimum absolute atomic E-state index is 0.171. The molecular weight excluding hydrogens is 176 g/mol. The van der Waals surface area contributed by atoms with Crippen LogP contribution in [0.2, 0.25) is 0 Å². The average Bonchev–Trinajstić information content (AvgIpc) is 2.65. The van der Waals surface area contributed by atoms with E-state index < -0.39 is 0 Å². The van der Waals surface area contributed by atoms with E-state index in [1.807, 2.05) is 18.2 Å². The normalized spacial score (nSPS) is 12.6. The molecule has 0 saturated carbocycles. The number of H-pyrrole nitrogens is 1. The van der Waals surface area contributed by atoms with Gasteiger partial charge in [0.15, 0.2) is 5.82 Å². The van der Waals surface area contributed by atoms with E-state index in [2.05, 4.69) is 34.2 Å². The van der Waals surface area contributed by atoms with Crippen molar-refractivity contribution in [3.63, 3.8) is 0 Å². The maximum Gasteiger partial charge on any atom is 0.216 e. The number of aromatic nitrogens is 3. The maximum atomic E-state index is 5.47. The molecule has 0 fully saturated rings. The van der Waals surface area contributed by atoms with Gasteiger partial charge in [0.25, 0.3) is 0 Å². The smallest absolute Gasteiger partial charge is 0.216 e. The van der Waals surface area contributed by atoms with Crippen molar-refractivity contribution in [2.45, 2.75) is 12.8 Å². The molecule has 0 saturated heterocycles. The Kier molecular flexibility index (Phi) is 2.18. The van der Waals surface area contributed by atoms with Crippen LogP contribution in [0.15, 0.2) is 30.3 Å². The topological polar surface area (TPSA) is 67.6 Å². The van der Waals surface area contributed by atoms with Gasteiger partial charge in [0, 0.05) is 5.92 Å². The monoisotopic (exact) mass is 188 g/mol. The Morgan fingerprint density at radius 3 is 2.57 bits per heavy atom. The first-order valence-corrected chi connectivity index (χ1v) is 4.50. The summed E-state index contributed by atoms with van der Waals surface area (Å²) in [5.74, 6) is 1.27. The van der Waals surface area contributed by atoms with Gasteiger partial charge in [-0.25, -0.2) is 5.10 Å². The predicted octanol–water partition coefficient (Wildman–Crippen LogP) is 1.54. The number of hydrogen-bond acceptors (Lipinski definition) is 3. The maximum absolute atomic E-state index is 5.47. The molecule has 0 aliphatic heterocycles. The van der Waals surface area contributed by atoms with E-state index in [0.717, 1.165) is 5.82 Å². The van der Waals surface area contributed by atoms with Crippen molar-refractivity contribution >= 4 is 5.95 Å². The van der Waals surface area contributed by atoms with E-state index in [1.165, 1.54) is 5.56 Å². The lowest BCUT2D eigenvalue weighted by Crippen LogP contribution is -1.98. The molecule has 0 aliphatic rings. The number of nitrogens with zero attached hydrogens (tertiary/aromatic N) is 2. The van der Waals surface area contributed by atoms with E-state index in [-0.39, 0.29) is 5.92 Å². The third kappa shape index (κ3) is 1.59. The summed E-state index contributed by atoms with van der Waals surface area (Å²) in [6.07, 6.45) is 0. The molecule has 72 valence electrons. The average molecular weight is 188 g/mol. The molecule has 0 radical (unpaired) electrons. The van der Waals surface area contributed by atoms with Crippen molar-refractivity contribution in [3.05, 3.63) is 41.7 Å². The van der Waals surface area contributed by atoms with Gasteiger partial charge in [0.1, 0.15) is 0 Å². The fourth-order valence-corrected chi connectivity index (χ4v) is 1.37. The molecule has 2 rings (SSSR count). The van der Waals surface area contributed by atoms with Crippen molar-refractivity contribution in [2.24, 2.45) is 0 Å². The zero-order valence-electron chi connectivity index (χ0n) is 7.94. The number of nitrogens with two attached hydrogens (primary N) is 1. The van der Waals surface area contributed by atoms with Gasteiger partial charge in [0.05, 0.1) is 0 Å². The highest BCUT2D eigenvalue weighted by Crippen LogP contribution is 2.20. The molecule has 1 aromatic carbocycles. The van der Waals surface area contributed by atoms with E-state index in [9.17, 15) is 0 Å². The van der Waals surface area contributed by atoms with Crippen molar-refractivity contribution in [2.75, 3.05) is 5.73 Å². The fraction of sp³-hybridized carbons (Fsp3) is 0.200. The van der Waals surface area contributed by atoms with Gasteiger partial charge in [-0.3, -0.25) is 0 Å². The number of rotatable bonds is 2. The zero-order valence-corrected chi connectivity index (χ0v) is 7.94. The minimum atomic E-state index is 0.171. The standard InChI is InChI=1S/C10H12N4/c1-7(8-5-3-2-4-6-8)9-12-10(11)14-13-9/h2-7H,1H3,(H3,11,12,13,14). The van der Waals surface area contributed by atoms with Gasteiger partial charge in [-0.15, -0.1) is 0 Å². The number of hydrogen-bond donors (Lipinski definition) is 2. The summed E-state index contributed by atoms with van der Waals surface area (Å²) in [4.78, 5) is 4.10. The van der Waals surface area contributed by atoms with Gasteiger partial charge in [-0.1, -0.05) is 37.3 Å². The SMILES string of the molecule is CC(c1ccccc1)c1n[nH]c(N)n1.